The SMILES string of the molecule is CCc1noc(C)c1C(=O)NC[C@]1(c2ccccc2)CC[C@H](NC(C)=O)[C@@H](O)CC1. The number of aliphatic hydroxyl groups is 1. The number of nitrogens with one attached hydrogen (secondary N) is 2. The van der Waals surface area contributed by atoms with Gasteiger partial charge in [0.05, 0.1) is 17.8 Å². The maximum Gasteiger partial charge on any atom is 0.256 e. The Balaban J connectivity index is 1.84. The highest BCUT2D eigenvalue weighted by Gasteiger charge is 2.38. The van der Waals surface area contributed by atoms with Gasteiger partial charge in [-0.25, -0.2) is 0 Å². The minimum atomic E-state index is -0.609. The van der Waals surface area contributed by atoms with Crippen molar-refractivity contribution < 1.29 is 19.2 Å². The summed E-state index contributed by atoms with van der Waals surface area (Å²) >= 11 is 0. The first-order chi connectivity index (χ1) is 14.4. The van der Waals surface area contributed by atoms with Crippen molar-refractivity contribution in [3.05, 3.63) is 52.9 Å². The Morgan fingerprint density at radius 2 is 1.93 bits per heavy atom. The number of benzene rings is 1. The molecule has 0 unspecified atom stereocenters. The zero-order valence-electron chi connectivity index (χ0n) is 17.9. The molecule has 0 aliphatic heterocycles. The van der Waals surface area contributed by atoms with Gasteiger partial charge in [-0.05, 0) is 44.6 Å². The first kappa shape index (κ1) is 22.0. The van der Waals surface area contributed by atoms with Crippen LogP contribution >= 0.6 is 0 Å². The molecule has 0 spiro atoms. The molecule has 162 valence electrons. The molecule has 3 N–H and O–H groups in total. The normalized spacial score (nSPS) is 24.1. The van der Waals surface area contributed by atoms with Crippen LogP contribution in [0.15, 0.2) is 34.9 Å². The second-order valence-electron chi connectivity index (χ2n) is 8.19. The molecule has 0 saturated heterocycles. The molecular formula is C23H31N3O4. The van der Waals surface area contributed by atoms with Crippen LogP contribution in [0.2, 0.25) is 0 Å². The Morgan fingerprint density at radius 3 is 2.60 bits per heavy atom. The maximum atomic E-state index is 13.0. The molecule has 30 heavy (non-hydrogen) atoms. The summed E-state index contributed by atoms with van der Waals surface area (Å²) in [5, 5.41) is 20.5. The first-order valence-electron chi connectivity index (χ1n) is 10.6. The quantitative estimate of drug-likeness (QED) is 0.632. The van der Waals surface area contributed by atoms with E-state index in [4.69, 9.17) is 4.52 Å². The van der Waals surface area contributed by atoms with E-state index in [2.05, 4.69) is 27.9 Å². The van der Waals surface area contributed by atoms with Crippen LogP contribution in [0.1, 0.15) is 66.9 Å². The molecule has 1 aromatic carbocycles. The molecule has 1 fully saturated rings. The number of carbonyl (C=O) groups excluding carboxylic acids is 2. The summed E-state index contributed by atoms with van der Waals surface area (Å²) in [4.78, 5) is 24.5. The molecule has 3 atom stereocenters. The maximum absolute atomic E-state index is 13.0. The molecule has 1 aliphatic carbocycles. The van der Waals surface area contributed by atoms with E-state index in [0.717, 1.165) is 12.0 Å². The Labute approximate surface area is 177 Å². The zero-order chi connectivity index (χ0) is 21.7. The predicted molar refractivity (Wildman–Crippen MR) is 113 cm³/mol. The van der Waals surface area contributed by atoms with Crippen LogP contribution in [0.3, 0.4) is 0 Å². The predicted octanol–water partition coefficient (Wildman–Crippen LogP) is 2.65. The van der Waals surface area contributed by atoms with Crippen LogP contribution in [0.4, 0.5) is 0 Å². The first-order valence-corrected chi connectivity index (χ1v) is 10.6. The van der Waals surface area contributed by atoms with Crippen LogP contribution in [-0.2, 0) is 16.6 Å². The molecule has 1 aromatic heterocycles. The van der Waals surface area contributed by atoms with Crippen LogP contribution in [0.5, 0.6) is 0 Å². The van der Waals surface area contributed by atoms with Crippen LogP contribution in [0, 0.1) is 6.92 Å². The van der Waals surface area contributed by atoms with Gasteiger partial charge in [-0.1, -0.05) is 42.4 Å². The van der Waals surface area contributed by atoms with E-state index in [9.17, 15) is 14.7 Å². The number of rotatable bonds is 6. The summed E-state index contributed by atoms with van der Waals surface area (Å²) in [5.41, 5.74) is 1.95. The molecule has 2 amide bonds. The second kappa shape index (κ2) is 9.43. The molecule has 7 nitrogen and oxygen atoms in total. The van der Waals surface area contributed by atoms with Gasteiger partial charge >= 0.3 is 0 Å². The lowest BCUT2D eigenvalue weighted by atomic mass is 9.74. The van der Waals surface area contributed by atoms with E-state index in [1.165, 1.54) is 6.92 Å². The Morgan fingerprint density at radius 1 is 1.23 bits per heavy atom. The molecule has 0 bridgehead atoms. The molecule has 3 rings (SSSR count). The Kier molecular flexibility index (Phi) is 6.92. The lowest BCUT2D eigenvalue weighted by molar-refractivity contribution is -0.120. The van der Waals surface area contributed by atoms with E-state index in [-0.39, 0.29) is 23.3 Å². The highest BCUT2D eigenvalue weighted by Crippen LogP contribution is 2.38. The van der Waals surface area contributed by atoms with E-state index in [1.54, 1.807) is 6.92 Å². The van der Waals surface area contributed by atoms with Gasteiger partial charge in [-0.2, -0.15) is 0 Å². The minimum Gasteiger partial charge on any atom is -0.391 e. The van der Waals surface area contributed by atoms with Gasteiger partial charge in [0.1, 0.15) is 11.3 Å². The van der Waals surface area contributed by atoms with Gasteiger partial charge in [0.25, 0.3) is 5.91 Å². The number of aryl methyl sites for hydroxylation is 2. The monoisotopic (exact) mass is 413 g/mol. The van der Waals surface area contributed by atoms with Crippen molar-refractivity contribution in [1.82, 2.24) is 15.8 Å². The number of nitrogens with zero attached hydrogens (tertiary/aromatic N) is 1. The second-order valence-corrected chi connectivity index (χ2v) is 8.19. The molecule has 0 radical (unpaired) electrons. The summed E-state index contributed by atoms with van der Waals surface area (Å²) in [7, 11) is 0. The van der Waals surface area contributed by atoms with Gasteiger partial charge in [0, 0.05) is 18.9 Å². The third-order valence-electron chi connectivity index (χ3n) is 6.17. The summed E-state index contributed by atoms with van der Waals surface area (Å²) in [6.45, 7) is 5.58. The van der Waals surface area contributed by atoms with Crippen molar-refractivity contribution in [3.63, 3.8) is 0 Å². The molecule has 1 heterocycles. The summed E-state index contributed by atoms with van der Waals surface area (Å²) < 4.78 is 5.21. The Hall–Kier alpha value is -2.67. The zero-order valence-corrected chi connectivity index (χ0v) is 17.9. The van der Waals surface area contributed by atoms with Crippen molar-refractivity contribution in [3.8, 4) is 0 Å². The van der Waals surface area contributed by atoms with E-state index < -0.39 is 6.10 Å². The number of hydrogen-bond donors (Lipinski definition) is 3. The van der Waals surface area contributed by atoms with Gasteiger partial charge in [-0.15, -0.1) is 0 Å². The van der Waals surface area contributed by atoms with Crippen molar-refractivity contribution >= 4 is 11.8 Å². The molecule has 2 aromatic rings. The van der Waals surface area contributed by atoms with Crippen molar-refractivity contribution in [2.24, 2.45) is 0 Å². The van der Waals surface area contributed by atoms with Crippen LogP contribution in [-0.4, -0.2) is 40.8 Å². The summed E-state index contributed by atoms with van der Waals surface area (Å²) in [5.74, 6) is 0.179. The average Bonchev–Trinajstić information content (AvgIpc) is 3.05. The summed E-state index contributed by atoms with van der Waals surface area (Å²) in [6.07, 6.45) is 2.64. The van der Waals surface area contributed by atoms with E-state index in [0.29, 0.717) is 49.2 Å². The number of carbonyl (C=O) groups is 2. The molecular weight excluding hydrogens is 382 g/mol. The third kappa shape index (κ3) is 4.73. The smallest absolute Gasteiger partial charge is 0.256 e. The van der Waals surface area contributed by atoms with Gasteiger partial charge in [0.15, 0.2) is 0 Å². The number of aromatic nitrogens is 1. The topological polar surface area (TPSA) is 104 Å². The van der Waals surface area contributed by atoms with Crippen LogP contribution < -0.4 is 10.6 Å². The fourth-order valence-corrected chi connectivity index (χ4v) is 4.45. The number of amides is 2. The number of hydrogen-bond acceptors (Lipinski definition) is 5. The molecule has 1 aliphatic rings. The van der Waals surface area contributed by atoms with Crippen molar-refractivity contribution in [2.45, 2.75) is 70.4 Å². The lowest BCUT2D eigenvalue weighted by Gasteiger charge is -2.34. The minimum absolute atomic E-state index is 0.144. The molecule has 1 saturated carbocycles. The fraction of sp³-hybridized carbons (Fsp3) is 0.522. The largest absolute Gasteiger partial charge is 0.391 e. The number of aliphatic hydroxyl groups excluding tert-OH is 1. The van der Waals surface area contributed by atoms with E-state index >= 15 is 0 Å². The van der Waals surface area contributed by atoms with Gasteiger partial charge in [-0.3, -0.25) is 9.59 Å². The van der Waals surface area contributed by atoms with Crippen molar-refractivity contribution in [1.29, 1.82) is 0 Å². The van der Waals surface area contributed by atoms with E-state index in [1.807, 2.05) is 25.1 Å². The third-order valence-corrected chi connectivity index (χ3v) is 6.17. The van der Waals surface area contributed by atoms with Gasteiger partial charge < -0.3 is 20.3 Å². The standard InChI is InChI=1S/C23H31N3O4/c1-4-18-21(15(2)30-26-18)22(29)24-14-23(17-8-6-5-7-9-17)12-10-19(25-16(3)27)20(28)11-13-23/h5-9,19-20,28H,4,10-14H2,1-3H3,(H,24,29)(H,25,27)/t19-,20-,23-/m0/s1. The highest BCUT2D eigenvalue weighted by atomic mass is 16.5. The van der Waals surface area contributed by atoms with Gasteiger partial charge in [0.2, 0.25) is 5.91 Å². The Bertz CT molecular complexity index is 880. The average molecular weight is 414 g/mol. The van der Waals surface area contributed by atoms with Crippen molar-refractivity contribution in [2.75, 3.05) is 6.54 Å². The fourth-order valence-electron chi connectivity index (χ4n) is 4.45. The lowest BCUT2D eigenvalue weighted by Crippen LogP contribution is -2.42. The molecule has 7 heteroatoms. The summed E-state index contributed by atoms with van der Waals surface area (Å²) in [6, 6.07) is 9.81. The van der Waals surface area contributed by atoms with Crippen LogP contribution in [0.25, 0.3) is 0 Å². The highest BCUT2D eigenvalue weighted by molar-refractivity contribution is 5.96.